The van der Waals surface area contributed by atoms with Crippen LogP contribution < -0.4 is 10.5 Å². The number of hydrogen-bond donors (Lipinski definition) is 1. The third-order valence-corrected chi connectivity index (χ3v) is 6.00. The molecule has 1 unspecified atom stereocenters. The molecule has 17 heteroatoms. The van der Waals surface area contributed by atoms with Crippen molar-refractivity contribution in [1.29, 1.82) is 0 Å². The molecule has 11 nitrogen and oxygen atoms in total. The highest BCUT2D eigenvalue weighted by atomic mass is 19.4. The Kier molecular flexibility index (Phi) is 7.57. The lowest BCUT2D eigenvalue weighted by molar-refractivity contribution is -0.140. The first kappa shape index (κ1) is 27.3. The molecule has 0 spiro atoms. The number of hydrogen-bond acceptors (Lipinski definition) is 8. The molecule has 206 valence electrons. The number of rotatable bonds is 7. The first-order valence-corrected chi connectivity index (χ1v) is 11.4. The zero-order valence-electron chi connectivity index (χ0n) is 19.9. The summed E-state index contributed by atoms with van der Waals surface area (Å²) < 4.78 is 84.6. The minimum Gasteiger partial charge on any atom is -0.372 e. The van der Waals surface area contributed by atoms with Crippen LogP contribution in [0.2, 0.25) is 0 Å². The van der Waals surface area contributed by atoms with E-state index in [1.165, 1.54) is 4.90 Å². The summed E-state index contributed by atoms with van der Waals surface area (Å²) in [6, 6.07) is -0.598. The fourth-order valence-corrected chi connectivity index (χ4v) is 3.95. The van der Waals surface area contributed by atoms with Gasteiger partial charge in [0.25, 0.3) is 5.56 Å². The molecule has 0 radical (unpaired) electrons. The predicted molar refractivity (Wildman–Crippen MR) is 119 cm³/mol. The van der Waals surface area contributed by atoms with Gasteiger partial charge in [-0.05, 0) is 13.3 Å². The SMILES string of the molecule is CC(CCOCC(=O)N1CCN(c2ncc(C(F)(F)F)cn2)CC1)n1nc(C(F)(F)F)c2c(=O)[nH]ncc21. The standard InChI is InChI=1S/C21H22F6N8O3/c1-12(35-14-10-30-31-18(37)16(14)17(32-35)21(25,26)27)2-7-38-11-15(36)33-3-5-34(6-4-33)19-28-8-13(9-29-19)20(22,23)24/h8-10,12H,2-7,11H2,1H3,(H,31,37). The van der Waals surface area contributed by atoms with Gasteiger partial charge in [0.05, 0.1) is 23.3 Å². The lowest BCUT2D eigenvalue weighted by Crippen LogP contribution is -2.50. The molecule has 0 aromatic carbocycles. The first-order valence-electron chi connectivity index (χ1n) is 11.4. The van der Waals surface area contributed by atoms with Gasteiger partial charge in [-0.15, -0.1) is 0 Å². The Morgan fingerprint density at radius 2 is 1.71 bits per heavy atom. The summed E-state index contributed by atoms with van der Waals surface area (Å²) in [4.78, 5) is 35.1. The van der Waals surface area contributed by atoms with Crippen molar-refractivity contribution < 1.29 is 35.9 Å². The summed E-state index contributed by atoms with van der Waals surface area (Å²) in [5.74, 6) is -0.183. The molecular weight excluding hydrogens is 526 g/mol. The number of anilines is 1. The highest BCUT2D eigenvalue weighted by Gasteiger charge is 2.38. The molecule has 1 fully saturated rings. The summed E-state index contributed by atoms with van der Waals surface area (Å²) in [6.45, 7) is 2.56. The van der Waals surface area contributed by atoms with Crippen LogP contribution in [0.1, 0.15) is 30.6 Å². The van der Waals surface area contributed by atoms with E-state index in [1.807, 2.05) is 5.10 Å². The second kappa shape index (κ2) is 10.5. The van der Waals surface area contributed by atoms with E-state index in [0.29, 0.717) is 25.5 Å². The fraction of sp³-hybridized carbons (Fsp3) is 0.524. The minimum absolute atomic E-state index is 0.0333. The maximum atomic E-state index is 13.4. The van der Waals surface area contributed by atoms with Crippen molar-refractivity contribution in [3.8, 4) is 0 Å². The Labute approximate surface area is 210 Å². The highest BCUT2D eigenvalue weighted by molar-refractivity contribution is 5.80. The van der Waals surface area contributed by atoms with Crippen LogP contribution in [0.3, 0.4) is 0 Å². The molecule has 0 aliphatic carbocycles. The Morgan fingerprint density at radius 1 is 1.05 bits per heavy atom. The number of aromatic nitrogens is 6. The van der Waals surface area contributed by atoms with Crippen molar-refractivity contribution in [2.75, 3.05) is 44.3 Å². The lowest BCUT2D eigenvalue weighted by Gasteiger charge is -2.34. The Hall–Kier alpha value is -3.76. The topological polar surface area (TPSA) is 122 Å². The van der Waals surface area contributed by atoms with Crippen LogP contribution in [-0.4, -0.2) is 80.1 Å². The molecule has 1 N–H and O–H groups in total. The van der Waals surface area contributed by atoms with E-state index in [0.717, 1.165) is 10.9 Å². The van der Waals surface area contributed by atoms with Crippen molar-refractivity contribution in [3.63, 3.8) is 0 Å². The number of aromatic amines is 1. The van der Waals surface area contributed by atoms with E-state index in [4.69, 9.17) is 4.74 Å². The number of piperazine rings is 1. The van der Waals surface area contributed by atoms with Crippen LogP contribution in [0.4, 0.5) is 32.3 Å². The third kappa shape index (κ3) is 5.87. The second-order valence-electron chi connectivity index (χ2n) is 8.58. The van der Waals surface area contributed by atoms with E-state index in [1.54, 1.807) is 11.8 Å². The van der Waals surface area contributed by atoms with Crippen molar-refractivity contribution >= 4 is 22.8 Å². The normalized spacial score (nSPS) is 15.8. The fourth-order valence-electron chi connectivity index (χ4n) is 3.95. The number of fused-ring (bicyclic) bond motifs is 1. The quantitative estimate of drug-likeness (QED) is 0.353. The molecule has 0 bridgehead atoms. The van der Waals surface area contributed by atoms with Crippen molar-refractivity contribution in [3.05, 3.63) is 40.2 Å². The summed E-state index contributed by atoms with van der Waals surface area (Å²) >= 11 is 0. The van der Waals surface area contributed by atoms with Crippen molar-refractivity contribution in [2.24, 2.45) is 0 Å². The van der Waals surface area contributed by atoms with E-state index in [9.17, 15) is 35.9 Å². The third-order valence-electron chi connectivity index (χ3n) is 6.00. The summed E-state index contributed by atoms with van der Waals surface area (Å²) in [7, 11) is 0. The number of nitrogens with zero attached hydrogens (tertiary/aromatic N) is 7. The molecule has 3 aromatic rings. The average molecular weight is 548 g/mol. The maximum absolute atomic E-state index is 13.4. The Balaban J connectivity index is 1.26. The van der Waals surface area contributed by atoms with Crippen LogP contribution in [0, 0.1) is 0 Å². The molecule has 1 aliphatic rings. The van der Waals surface area contributed by atoms with Gasteiger partial charge in [0, 0.05) is 45.2 Å². The number of amides is 1. The summed E-state index contributed by atoms with van der Waals surface area (Å²) in [5.41, 5.74) is -3.33. The van der Waals surface area contributed by atoms with Gasteiger partial charge in [-0.3, -0.25) is 14.3 Å². The molecule has 0 saturated carbocycles. The van der Waals surface area contributed by atoms with Gasteiger partial charge >= 0.3 is 12.4 Å². The van der Waals surface area contributed by atoms with Crippen molar-refractivity contribution in [2.45, 2.75) is 31.7 Å². The van der Waals surface area contributed by atoms with E-state index in [-0.39, 0.29) is 50.1 Å². The molecule has 3 aromatic heterocycles. The second-order valence-corrected chi connectivity index (χ2v) is 8.58. The number of ether oxygens (including phenoxy) is 1. The summed E-state index contributed by atoms with van der Waals surface area (Å²) in [5, 5.41) is 8.52. The highest BCUT2D eigenvalue weighted by Crippen LogP contribution is 2.33. The predicted octanol–water partition coefficient (Wildman–Crippen LogP) is 2.26. The number of nitrogens with one attached hydrogen (secondary N) is 1. The zero-order valence-corrected chi connectivity index (χ0v) is 19.9. The molecule has 38 heavy (non-hydrogen) atoms. The van der Waals surface area contributed by atoms with Crippen molar-refractivity contribution in [1.82, 2.24) is 34.8 Å². The largest absolute Gasteiger partial charge is 0.435 e. The van der Waals surface area contributed by atoms with Crippen LogP contribution in [0.5, 0.6) is 0 Å². The molecule has 1 saturated heterocycles. The first-order chi connectivity index (χ1) is 17.9. The lowest BCUT2D eigenvalue weighted by atomic mass is 10.2. The van der Waals surface area contributed by atoms with Crippen LogP contribution >= 0.6 is 0 Å². The molecule has 1 atom stereocenters. The Morgan fingerprint density at radius 3 is 2.32 bits per heavy atom. The van der Waals surface area contributed by atoms with E-state index < -0.39 is 40.6 Å². The van der Waals surface area contributed by atoms with E-state index >= 15 is 0 Å². The zero-order chi connectivity index (χ0) is 27.7. The van der Waals surface area contributed by atoms with Crippen LogP contribution in [-0.2, 0) is 21.9 Å². The average Bonchev–Trinajstić information content (AvgIpc) is 3.28. The van der Waals surface area contributed by atoms with E-state index in [2.05, 4.69) is 20.2 Å². The molecule has 4 heterocycles. The molecular formula is C21H22F6N8O3. The van der Waals surface area contributed by atoms with Gasteiger partial charge in [0.1, 0.15) is 12.0 Å². The summed E-state index contributed by atoms with van der Waals surface area (Å²) in [6.07, 6.45) is -6.65. The molecule has 1 aliphatic heterocycles. The molecule has 4 rings (SSSR count). The number of halogens is 6. The van der Waals surface area contributed by atoms with Gasteiger partial charge in [-0.1, -0.05) is 0 Å². The minimum atomic E-state index is -4.83. The Bertz CT molecular complexity index is 1330. The van der Waals surface area contributed by atoms with Gasteiger partial charge in [-0.25, -0.2) is 15.1 Å². The molecule has 1 amide bonds. The van der Waals surface area contributed by atoms with Gasteiger partial charge < -0.3 is 14.5 Å². The number of H-pyrrole nitrogens is 1. The van der Waals surface area contributed by atoms with Crippen LogP contribution in [0.25, 0.3) is 10.9 Å². The smallest absolute Gasteiger partial charge is 0.372 e. The maximum Gasteiger partial charge on any atom is 0.435 e. The van der Waals surface area contributed by atoms with Crippen LogP contribution in [0.15, 0.2) is 23.4 Å². The van der Waals surface area contributed by atoms with Gasteiger partial charge in [0.15, 0.2) is 5.69 Å². The monoisotopic (exact) mass is 548 g/mol. The number of carbonyl (C=O) groups excluding carboxylic acids is 1. The number of carbonyl (C=O) groups is 1. The number of alkyl halides is 6. The van der Waals surface area contributed by atoms with Gasteiger partial charge in [0.2, 0.25) is 11.9 Å². The van der Waals surface area contributed by atoms with Gasteiger partial charge in [-0.2, -0.15) is 36.5 Å².